The van der Waals surface area contributed by atoms with E-state index in [1.54, 1.807) is 30.3 Å². The predicted octanol–water partition coefficient (Wildman–Crippen LogP) is 2.49. The molecule has 2 aromatic carbocycles. The van der Waals surface area contributed by atoms with Gasteiger partial charge in [0.05, 0.1) is 23.0 Å². The number of hydrogen-bond acceptors (Lipinski definition) is 6. The number of benzene rings is 2. The first-order chi connectivity index (χ1) is 13.8. The van der Waals surface area contributed by atoms with Crippen LogP contribution in [-0.4, -0.2) is 44.2 Å². The van der Waals surface area contributed by atoms with E-state index < -0.39 is 40.8 Å². The van der Waals surface area contributed by atoms with Crippen molar-refractivity contribution in [2.75, 3.05) is 6.54 Å². The lowest BCUT2D eigenvalue weighted by molar-refractivity contribution is -0.384. The molecule has 1 heterocycles. The molecule has 0 aliphatic carbocycles. The highest BCUT2D eigenvalue weighted by molar-refractivity contribution is 6.46. The van der Waals surface area contributed by atoms with Gasteiger partial charge in [0.2, 0.25) is 0 Å². The van der Waals surface area contributed by atoms with Gasteiger partial charge in [-0.1, -0.05) is 42.5 Å². The standard InChI is InChI=1S/C20H16N2O7/c23-15(24)9-10-21-17(13-7-4-8-14(11-13)22(28)29)16(19(26)20(21)27)18(25)12-5-2-1-3-6-12/h1-8,11,17,25H,9-10H2,(H,23,24)/t17-/m0/s1. The minimum Gasteiger partial charge on any atom is -0.507 e. The number of nitro groups is 1. The molecule has 2 aromatic rings. The van der Waals surface area contributed by atoms with E-state index in [1.807, 2.05) is 0 Å². The summed E-state index contributed by atoms with van der Waals surface area (Å²) in [7, 11) is 0. The molecule has 148 valence electrons. The number of aliphatic hydroxyl groups is 1. The van der Waals surface area contributed by atoms with Crippen LogP contribution >= 0.6 is 0 Å². The zero-order chi connectivity index (χ0) is 21.1. The molecule has 29 heavy (non-hydrogen) atoms. The van der Waals surface area contributed by atoms with Crippen molar-refractivity contribution in [2.24, 2.45) is 0 Å². The number of ketones is 1. The lowest BCUT2D eigenvalue weighted by Crippen LogP contribution is -2.31. The average molecular weight is 396 g/mol. The van der Waals surface area contributed by atoms with Gasteiger partial charge < -0.3 is 15.1 Å². The van der Waals surface area contributed by atoms with Crippen molar-refractivity contribution in [2.45, 2.75) is 12.5 Å². The molecule has 9 heteroatoms. The second kappa shape index (κ2) is 7.93. The number of aliphatic carboxylic acids is 1. The van der Waals surface area contributed by atoms with Gasteiger partial charge in [-0.05, 0) is 5.56 Å². The topological polar surface area (TPSA) is 138 Å². The molecular formula is C20H16N2O7. The van der Waals surface area contributed by atoms with Gasteiger partial charge in [-0.3, -0.25) is 24.5 Å². The van der Waals surface area contributed by atoms with Gasteiger partial charge in [0, 0.05) is 24.2 Å². The highest BCUT2D eigenvalue weighted by Gasteiger charge is 2.46. The number of aliphatic hydroxyl groups excluding tert-OH is 1. The van der Waals surface area contributed by atoms with E-state index >= 15 is 0 Å². The van der Waals surface area contributed by atoms with Gasteiger partial charge in [0.1, 0.15) is 5.76 Å². The van der Waals surface area contributed by atoms with Crippen LogP contribution in [0.1, 0.15) is 23.6 Å². The van der Waals surface area contributed by atoms with Crippen LogP contribution < -0.4 is 0 Å². The van der Waals surface area contributed by atoms with Gasteiger partial charge >= 0.3 is 5.97 Å². The molecule has 0 saturated carbocycles. The number of non-ortho nitro benzene ring substituents is 1. The van der Waals surface area contributed by atoms with Crippen molar-refractivity contribution in [3.05, 3.63) is 81.4 Å². The maximum atomic E-state index is 12.7. The van der Waals surface area contributed by atoms with E-state index in [4.69, 9.17) is 5.11 Å². The minimum atomic E-state index is -1.17. The molecule has 1 aliphatic heterocycles. The summed E-state index contributed by atoms with van der Waals surface area (Å²) in [5.74, 6) is -3.56. The Kier molecular flexibility index (Phi) is 5.40. The van der Waals surface area contributed by atoms with Crippen LogP contribution in [0.25, 0.3) is 5.76 Å². The third-order valence-electron chi connectivity index (χ3n) is 4.55. The molecule has 0 spiro atoms. The Morgan fingerprint density at radius 2 is 1.76 bits per heavy atom. The largest absolute Gasteiger partial charge is 0.507 e. The summed E-state index contributed by atoms with van der Waals surface area (Å²) >= 11 is 0. The van der Waals surface area contributed by atoms with E-state index in [2.05, 4.69) is 0 Å². The van der Waals surface area contributed by atoms with Gasteiger partial charge in [-0.15, -0.1) is 0 Å². The zero-order valence-electron chi connectivity index (χ0n) is 15.0. The first kappa shape index (κ1) is 19.7. The van der Waals surface area contributed by atoms with Crippen molar-refractivity contribution >= 4 is 29.1 Å². The number of nitrogens with zero attached hydrogens (tertiary/aromatic N) is 2. The number of carbonyl (C=O) groups is 3. The van der Waals surface area contributed by atoms with Crippen LogP contribution in [-0.2, 0) is 14.4 Å². The molecule has 1 fully saturated rings. The number of likely N-dealkylation sites (tertiary alicyclic amines) is 1. The molecular weight excluding hydrogens is 380 g/mol. The van der Waals surface area contributed by atoms with Gasteiger partial charge in [0.25, 0.3) is 17.4 Å². The summed E-state index contributed by atoms with van der Waals surface area (Å²) in [6.45, 7) is -0.293. The normalized spacial score (nSPS) is 18.1. The zero-order valence-corrected chi connectivity index (χ0v) is 15.0. The molecule has 1 aliphatic rings. The van der Waals surface area contributed by atoms with Crippen molar-refractivity contribution in [3.63, 3.8) is 0 Å². The van der Waals surface area contributed by atoms with Gasteiger partial charge in [-0.25, -0.2) is 0 Å². The summed E-state index contributed by atoms with van der Waals surface area (Å²) in [6.07, 6.45) is -0.427. The number of hydrogen-bond donors (Lipinski definition) is 2. The maximum absolute atomic E-state index is 12.7. The fraction of sp³-hybridized carbons (Fsp3) is 0.150. The van der Waals surface area contributed by atoms with E-state index in [0.717, 1.165) is 4.90 Å². The molecule has 0 radical (unpaired) electrons. The Balaban J connectivity index is 2.18. The maximum Gasteiger partial charge on any atom is 0.305 e. The Labute approximate surface area is 164 Å². The molecule has 9 nitrogen and oxygen atoms in total. The first-order valence-electron chi connectivity index (χ1n) is 8.61. The molecule has 1 atom stereocenters. The first-order valence-corrected chi connectivity index (χ1v) is 8.61. The number of nitro benzene ring substituents is 1. The smallest absolute Gasteiger partial charge is 0.305 e. The van der Waals surface area contributed by atoms with E-state index in [0.29, 0.717) is 5.56 Å². The second-order valence-electron chi connectivity index (χ2n) is 6.35. The number of carbonyl (C=O) groups excluding carboxylic acids is 2. The van der Waals surface area contributed by atoms with E-state index in [1.165, 1.54) is 24.3 Å². The molecule has 1 saturated heterocycles. The van der Waals surface area contributed by atoms with Crippen LogP contribution in [0.4, 0.5) is 5.69 Å². The second-order valence-corrected chi connectivity index (χ2v) is 6.35. The number of Topliss-reactive ketones (excluding diaryl/α,β-unsaturated/α-hetero) is 1. The number of carboxylic acid groups (broad SMARTS) is 1. The average Bonchev–Trinajstić information content (AvgIpc) is 2.97. The van der Waals surface area contributed by atoms with Crippen LogP contribution in [0, 0.1) is 10.1 Å². The molecule has 1 amide bonds. The van der Waals surface area contributed by atoms with Crippen LogP contribution in [0.2, 0.25) is 0 Å². The summed E-state index contributed by atoms with van der Waals surface area (Å²) in [5.41, 5.74) is 0.0126. The monoisotopic (exact) mass is 396 g/mol. The van der Waals surface area contributed by atoms with Crippen molar-refractivity contribution in [3.8, 4) is 0 Å². The lowest BCUT2D eigenvalue weighted by atomic mass is 9.95. The van der Waals surface area contributed by atoms with E-state index in [9.17, 15) is 29.6 Å². The predicted molar refractivity (Wildman–Crippen MR) is 101 cm³/mol. The van der Waals surface area contributed by atoms with Gasteiger partial charge in [0.15, 0.2) is 0 Å². The van der Waals surface area contributed by atoms with Crippen molar-refractivity contribution in [1.29, 1.82) is 0 Å². The molecule has 2 N–H and O–H groups in total. The van der Waals surface area contributed by atoms with Crippen molar-refractivity contribution in [1.82, 2.24) is 4.90 Å². The summed E-state index contributed by atoms with van der Waals surface area (Å²) < 4.78 is 0. The molecule has 3 rings (SSSR count). The fourth-order valence-electron chi connectivity index (χ4n) is 3.23. The van der Waals surface area contributed by atoms with E-state index in [-0.39, 0.29) is 23.4 Å². The third kappa shape index (κ3) is 3.84. The summed E-state index contributed by atoms with van der Waals surface area (Å²) in [5, 5.41) is 30.9. The summed E-state index contributed by atoms with van der Waals surface area (Å²) in [6, 6.07) is 12.3. The highest BCUT2D eigenvalue weighted by Crippen LogP contribution is 2.40. The molecule has 0 unspecified atom stereocenters. The quantitative estimate of drug-likeness (QED) is 0.251. The van der Waals surface area contributed by atoms with Crippen molar-refractivity contribution < 1.29 is 29.5 Å². The van der Waals surface area contributed by atoms with Gasteiger partial charge in [-0.2, -0.15) is 0 Å². The Morgan fingerprint density at radius 1 is 1.07 bits per heavy atom. The Morgan fingerprint density at radius 3 is 2.38 bits per heavy atom. The molecule has 0 aromatic heterocycles. The number of rotatable bonds is 6. The minimum absolute atomic E-state index is 0.223. The third-order valence-corrected chi connectivity index (χ3v) is 4.55. The van der Waals surface area contributed by atoms with Crippen LogP contribution in [0.15, 0.2) is 60.2 Å². The van der Waals surface area contributed by atoms with Crippen LogP contribution in [0.3, 0.4) is 0 Å². The molecule has 0 bridgehead atoms. The Hall–Kier alpha value is -4.01. The number of carboxylic acids is 1. The highest BCUT2D eigenvalue weighted by atomic mass is 16.6. The lowest BCUT2D eigenvalue weighted by Gasteiger charge is -2.24. The Bertz CT molecular complexity index is 1030. The fourth-order valence-corrected chi connectivity index (χ4v) is 3.23. The SMILES string of the molecule is O=C(O)CCN1C(=O)C(=O)C(=C(O)c2ccccc2)[C@@H]1c1cccc([N+](=O)[O-])c1. The van der Waals surface area contributed by atoms with Crippen LogP contribution in [0.5, 0.6) is 0 Å². The number of amides is 1. The summed E-state index contributed by atoms with van der Waals surface area (Å²) in [4.78, 5) is 47.8.